The molecule has 0 atom stereocenters. The van der Waals surface area contributed by atoms with Crippen molar-refractivity contribution in [1.82, 2.24) is 9.97 Å². The van der Waals surface area contributed by atoms with Gasteiger partial charge in [0, 0.05) is 13.6 Å². The van der Waals surface area contributed by atoms with Gasteiger partial charge in [-0.25, -0.2) is 9.97 Å². The number of halogens is 2. The summed E-state index contributed by atoms with van der Waals surface area (Å²) in [4.78, 5) is 19.7. The zero-order chi connectivity index (χ0) is 14.0. The van der Waals surface area contributed by atoms with Crippen molar-refractivity contribution in [2.45, 2.75) is 6.54 Å². The standard InChI is InChI=1S/C10H8BrClN4O2S/c1-15(3-6-2-7(11)19-4-6)10-8(16(17)18)9(12)13-5-14-10/h2,4-5H,3H2,1H3. The Labute approximate surface area is 126 Å². The SMILES string of the molecule is CN(Cc1csc(Br)c1)c1ncnc(Cl)c1[N+](=O)[O-]. The lowest BCUT2D eigenvalue weighted by Gasteiger charge is -2.17. The molecule has 0 saturated carbocycles. The number of nitro groups is 1. The van der Waals surface area contributed by atoms with Crippen molar-refractivity contribution < 1.29 is 4.92 Å². The Balaban J connectivity index is 2.31. The molecule has 2 rings (SSSR count). The van der Waals surface area contributed by atoms with Crippen molar-refractivity contribution in [1.29, 1.82) is 0 Å². The van der Waals surface area contributed by atoms with Crippen molar-refractivity contribution in [3.05, 3.63) is 42.4 Å². The minimum absolute atomic E-state index is 0.159. The zero-order valence-corrected chi connectivity index (χ0v) is 12.9. The number of aromatic nitrogens is 2. The van der Waals surface area contributed by atoms with Gasteiger partial charge < -0.3 is 4.90 Å². The predicted octanol–water partition coefficient (Wildman–Crippen LogP) is 3.50. The van der Waals surface area contributed by atoms with Gasteiger partial charge in [0.1, 0.15) is 6.33 Å². The summed E-state index contributed by atoms with van der Waals surface area (Å²) in [5.41, 5.74) is 0.754. The molecule has 0 fully saturated rings. The first-order valence-corrected chi connectivity index (χ1v) is 7.13. The minimum atomic E-state index is -0.572. The van der Waals surface area contributed by atoms with Gasteiger partial charge in [-0.1, -0.05) is 11.6 Å². The molecule has 0 aliphatic heterocycles. The van der Waals surface area contributed by atoms with E-state index in [0.29, 0.717) is 6.54 Å². The van der Waals surface area contributed by atoms with E-state index in [9.17, 15) is 10.1 Å². The second-order valence-electron chi connectivity index (χ2n) is 3.71. The van der Waals surface area contributed by atoms with Crippen molar-refractivity contribution in [2.75, 3.05) is 11.9 Å². The summed E-state index contributed by atoms with van der Waals surface area (Å²) in [5.74, 6) is 0.201. The molecular formula is C10H8BrClN4O2S. The predicted molar refractivity (Wildman–Crippen MR) is 77.8 cm³/mol. The first-order valence-electron chi connectivity index (χ1n) is 5.08. The summed E-state index contributed by atoms with van der Waals surface area (Å²) < 4.78 is 1.01. The largest absolute Gasteiger partial charge is 0.349 e. The van der Waals surface area contributed by atoms with Gasteiger partial charge in [-0.15, -0.1) is 11.3 Å². The molecule has 0 amide bonds. The van der Waals surface area contributed by atoms with Crippen LogP contribution >= 0.6 is 38.9 Å². The second-order valence-corrected chi connectivity index (χ2v) is 6.36. The highest BCUT2D eigenvalue weighted by molar-refractivity contribution is 9.11. The number of hydrogen-bond donors (Lipinski definition) is 0. The number of rotatable bonds is 4. The smallest absolute Gasteiger partial charge is 0.348 e. The Morgan fingerprint density at radius 2 is 2.32 bits per heavy atom. The highest BCUT2D eigenvalue weighted by Crippen LogP contribution is 2.32. The quantitative estimate of drug-likeness (QED) is 0.472. The molecule has 0 unspecified atom stereocenters. The maximum Gasteiger partial charge on any atom is 0.348 e. The van der Waals surface area contributed by atoms with Crippen LogP contribution in [0.2, 0.25) is 5.15 Å². The molecule has 9 heteroatoms. The second kappa shape index (κ2) is 5.81. The molecule has 100 valence electrons. The van der Waals surface area contributed by atoms with Crippen LogP contribution in [0, 0.1) is 10.1 Å². The lowest BCUT2D eigenvalue weighted by atomic mass is 10.3. The van der Waals surface area contributed by atoms with Crippen LogP contribution in [-0.2, 0) is 6.54 Å². The molecule has 2 aromatic rings. The van der Waals surface area contributed by atoms with E-state index in [1.165, 1.54) is 6.33 Å². The lowest BCUT2D eigenvalue weighted by Crippen LogP contribution is -2.19. The molecule has 0 radical (unpaired) electrons. The van der Waals surface area contributed by atoms with E-state index >= 15 is 0 Å². The maximum atomic E-state index is 11.0. The molecule has 0 saturated heterocycles. The van der Waals surface area contributed by atoms with Crippen LogP contribution < -0.4 is 4.90 Å². The molecule has 19 heavy (non-hydrogen) atoms. The Kier molecular flexibility index (Phi) is 4.33. The van der Waals surface area contributed by atoms with E-state index < -0.39 is 4.92 Å². The maximum absolute atomic E-state index is 11.0. The van der Waals surface area contributed by atoms with E-state index in [1.807, 2.05) is 11.4 Å². The average Bonchev–Trinajstić information content (AvgIpc) is 2.73. The van der Waals surface area contributed by atoms with Crippen LogP contribution in [0.3, 0.4) is 0 Å². The molecule has 2 aromatic heterocycles. The van der Waals surface area contributed by atoms with Crippen LogP contribution in [0.5, 0.6) is 0 Å². The van der Waals surface area contributed by atoms with E-state index in [4.69, 9.17) is 11.6 Å². The van der Waals surface area contributed by atoms with Gasteiger partial charge in [-0.05, 0) is 32.9 Å². The average molecular weight is 364 g/mol. The van der Waals surface area contributed by atoms with Gasteiger partial charge in [0.25, 0.3) is 0 Å². The summed E-state index contributed by atoms with van der Waals surface area (Å²) in [6.07, 6.45) is 1.21. The Bertz CT molecular complexity index is 621. The van der Waals surface area contributed by atoms with Crippen molar-refractivity contribution in [3.8, 4) is 0 Å². The molecule has 0 aliphatic carbocycles. The van der Waals surface area contributed by atoms with Crippen LogP contribution in [0.1, 0.15) is 5.56 Å². The van der Waals surface area contributed by atoms with Gasteiger partial charge in [0.05, 0.1) is 8.71 Å². The third-order valence-corrected chi connectivity index (χ3v) is 4.17. The Morgan fingerprint density at radius 1 is 1.58 bits per heavy atom. The Hall–Kier alpha value is -1.25. The van der Waals surface area contributed by atoms with E-state index in [2.05, 4.69) is 25.9 Å². The fourth-order valence-corrected chi connectivity index (χ4v) is 2.96. The summed E-state index contributed by atoms with van der Waals surface area (Å²) in [5, 5.41) is 12.8. The van der Waals surface area contributed by atoms with Crippen LogP contribution in [-0.4, -0.2) is 21.9 Å². The third-order valence-electron chi connectivity index (χ3n) is 2.34. The third kappa shape index (κ3) is 3.20. The molecule has 2 heterocycles. The fraction of sp³-hybridized carbons (Fsp3) is 0.200. The van der Waals surface area contributed by atoms with Gasteiger partial charge >= 0.3 is 5.69 Å². The first kappa shape index (κ1) is 14.2. The summed E-state index contributed by atoms with van der Waals surface area (Å²) >= 11 is 10.7. The number of thiophene rings is 1. The fourth-order valence-electron chi connectivity index (χ4n) is 1.56. The van der Waals surface area contributed by atoms with Crippen molar-refractivity contribution in [3.63, 3.8) is 0 Å². The normalized spacial score (nSPS) is 10.5. The number of hydrogen-bond acceptors (Lipinski definition) is 6. The topological polar surface area (TPSA) is 72.2 Å². The summed E-state index contributed by atoms with van der Waals surface area (Å²) in [7, 11) is 1.72. The monoisotopic (exact) mass is 362 g/mol. The summed E-state index contributed by atoms with van der Waals surface area (Å²) in [6.45, 7) is 0.496. The van der Waals surface area contributed by atoms with Crippen molar-refractivity contribution >= 4 is 50.4 Å². The molecule has 0 spiro atoms. The van der Waals surface area contributed by atoms with Gasteiger partial charge in [0.15, 0.2) is 0 Å². The summed E-state index contributed by atoms with van der Waals surface area (Å²) in [6, 6.07) is 1.95. The molecule has 0 N–H and O–H groups in total. The van der Waals surface area contributed by atoms with Crippen molar-refractivity contribution in [2.24, 2.45) is 0 Å². The van der Waals surface area contributed by atoms with Crippen LogP contribution in [0.4, 0.5) is 11.5 Å². The highest BCUT2D eigenvalue weighted by Gasteiger charge is 2.24. The van der Waals surface area contributed by atoms with E-state index in [1.54, 1.807) is 23.3 Å². The Morgan fingerprint density at radius 3 is 2.89 bits per heavy atom. The van der Waals surface area contributed by atoms with Crippen LogP contribution in [0.15, 0.2) is 21.6 Å². The van der Waals surface area contributed by atoms with Gasteiger partial charge in [-0.3, -0.25) is 10.1 Å². The molecule has 0 bridgehead atoms. The molecular weight excluding hydrogens is 356 g/mol. The minimum Gasteiger partial charge on any atom is -0.349 e. The molecule has 6 nitrogen and oxygen atoms in total. The highest BCUT2D eigenvalue weighted by atomic mass is 79.9. The van der Waals surface area contributed by atoms with Gasteiger partial charge in [0.2, 0.25) is 11.0 Å². The van der Waals surface area contributed by atoms with E-state index in [-0.39, 0.29) is 16.7 Å². The number of anilines is 1. The van der Waals surface area contributed by atoms with Crippen LogP contribution in [0.25, 0.3) is 0 Å². The molecule has 0 aliphatic rings. The molecule has 0 aromatic carbocycles. The zero-order valence-electron chi connectivity index (χ0n) is 9.71. The van der Waals surface area contributed by atoms with Gasteiger partial charge in [-0.2, -0.15) is 0 Å². The lowest BCUT2D eigenvalue weighted by molar-refractivity contribution is -0.384. The first-order chi connectivity index (χ1) is 8.99. The van der Waals surface area contributed by atoms with E-state index in [0.717, 1.165) is 9.35 Å². The number of nitrogens with zero attached hydrogens (tertiary/aromatic N) is 4.